The van der Waals surface area contributed by atoms with Gasteiger partial charge in [0, 0.05) is 52.4 Å². The van der Waals surface area contributed by atoms with Crippen molar-refractivity contribution >= 4 is 11.8 Å². The Bertz CT molecular complexity index is 688. The number of hydrogen-bond acceptors (Lipinski definition) is 5. The summed E-state index contributed by atoms with van der Waals surface area (Å²) in [4.78, 5) is 42.0. The average Bonchev–Trinajstić information content (AvgIpc) is 2.65. The van der Waals surface area contributed by atoms with Gasteiger partial charge >= 0.3 is 0 Å². The second-order valence-electron chi connectivity index (χ2n) is 6.69. The summed E-state index contributed by atoms with van der Waals surface area (Å²) in [6.07, 6.45) is 3.41. The molecule has 8 heteroatoms. The number of carbonyl (C=O) groups is 2. The largest absolute Gasteiger partial charge is 0.342 e. The molecule has 0 atom stereocenters. The molecule has 0 spiro atoms. The summed E-state index contributed by atoms with van der Waals surface area (Å²) in [5, 5.41) is 4.01. The van der Waals surface area contributed by atoms with Crippen molar-refractivity contribution in [2.75, 3.05) is 45.8 Å². The number of amides is 2. The van der Waals surface area contributed by atoms with Crippen LogP contribution >= 0.6 is 0 Å². The maximum atomic E-state index is 12.5. The quantitative estimate of drug-likeness (QED) is 0.740. The normalized spacial score (nSPS) is 19.1. The molecule has 0 aromatic carbocycles. The molecule has 3 rings (SSSR count). The summed E-state index contributed by atoms with van der Waals surface area (Å²) in [6.45, 7) is 4.66. The van der Waals surface area contributed by atoms with Crippen LogP contribution in [0.5, 0.6) is 0 Å². The molecule has 3 heterocycles. The molecule has 0 saturated carbocycles. The van der Waals surface area contributed by atoms with Gasteiger partial charge in [-0.2, -0.15) is 5.10 Å². The van der Waals surface area contributed by atoms with Crippen LogP contribution in [0.25, 0.3) is 0 Å². The maximum Gasteiger partial charge on any atom is 0.274 e. The Morgan fingerprint density at radius 3 is 2.28 bits per heavy atom. The molecule has 2 aliphatic heterocycles. The summed E-state index contributed by atoms with van der Waals surface area (Å²) in [7, 11) is 1.53. The molecule has 0 unspecified atom stereocenters. The molecule has 1 aromatic rings. The number of aromatic nitrogens is 2. The first kappa shape index (κ1) is 17.6. The molecule has 8 nitrogen and oxygen atoms in total. The molecule has 25 heavy (non-hydrogen) atoms. The Balaban J connectivity index is 1.51. The molecule has 2 amide bonds. The highest BCUT2D eigenvalue weighted by molar-refractivity contribution is 5.92. The van der Waals surface area contributed by atoms with Crippen molar-refractivity contribution in [1.29, 1.82) is 0 Å². The Hall–Kier alpha value is -2.22. The molecule has 2 fully saturated rings. The average molecular weight is 347 g/mol. The third-order valence-corrected chi connectivity index (χ3v) is 4.91. The molecular weight excluding hydrogens is 322 g/mol. The van der Waals surface area contributed by atoms with E-state index in [1.807, 2.05) is 4.90 Å². The summed E-state index contributed by atoms with van der Waals surface area (Å²) >= 11 is 0. The third-order valence-electron chi connectivity index (χ3n) is 4.91. The van der Waals surface area contributed by atoms with Gasteiger partial charge in [0.2, 0.25) is 5.91 Å². The first-order valence-corrected chi connectivity index (χ1v) is 8.88. The summed E-state index contributed by atoms with van der Waals surface area (Å²) in [6, 6.07) is 2.82. The van der Waals surface area contributed by atoms with Gasteiger partial charge in [-0.3, -0.25) is 19.3 Å². The molecule has 0 aliphatic carbocycles. The zero-order chi connectivity index (χ0) is 17.8. The second-order valence-corrected chi connectivity index (χ2v) is 6.69. The molecule has 136 valence electrons. The SMILES string of the molecule is Cn1nc(C(=O)N2CCN(CC(=O)N3CCCCC3)CC2)ccc1=O. The van der Waals surface area contributed by atoms with Gasteiger partial charge < -0.3 is 9.80 Å². The topological polar surface area (TPSA) is 78.8 Å². The van der Waals surface area contributed by atoms with Crippen molar-refractivity contribution in [3.63, 3.8) is 0 Å². The number of rotatable bonds is 3. The molecule has 0 N–H and O–H groups in total. The lowest BCUT2D eigenvalue weighted by atomic mass is 10.1. The van der Waals surface area contributed by atoms with Gasteiger partial charge in [0.1, 0.15) is 5.69 Å². The number of piperazine rings is 1. The van der Waals surface area contributed by atoms with E-state index in [0.717, 1.165) is 25.9 Å². The van der Waals surface area contributed by atoms with E-state index in [4.69, 9.17) is 0 Å². The van der Waals surface area contributed by atoms with Crippen LogP contribution in [0.15, 0.2) is 16.9 Å². The van der Waals surface area contributed by atoms with E-state index < -0.39 is 0 Å². The predicted molar refractivity (Wildman–Crippen MR) is 92.3 cm³/mol. The zero-order valence-electron chi connectivity index (χ0n) is 14.7. The highest BCUT2D eigenvalue weighted by Crippen LogP contribution is 2.11. The highest BCUT2D eigenvalue weighted by Gasteiger charge is 2.26. The first-order chi connectivity index (χ1) is 12.0. The van der Waals surface area contributed by atoms with E-state index >= 15 is 0 Å². The Labute approximate surface area is 147 Å². The van der Waals surface area contributed by atoms with Gasteiger partial charge in [-0.15, -0.1) is 0 Å². The van der Waals surface area contributed by atoms with Crippen LogP contribution < -0.4 is 5.56 Å². The Morgan fingerprint density at radius 2 is 1.64 bits per heavy atom. The smallest absolute Gasteiger partial charge is 0.274 e. The van der Waals surface area contributed by atoms with Gasteiger partial charge in [-0.05, 0) is 25.3 Å². The minimum absolute atomic E-state index is 0.169. The number of likely N-dealkylation sites (tertiary alicyclic amines) is 1. The fraction of sp³-hybridized carbons (Fsp3) is 0.647. The number of hydrogen-bond donors (Lipinski definition) is 0. The molecule has 0 radical (unpaired) electrons. The summed E-state index contributed by atoms with van der Waals surface area (Å²) in [5.41, 5.74) is 0.0394. The Kier molecular flexibility index (Phi) is 5.47. The van der Waals surface area contributed by atoms with Crippen LogP contribution in [0.2, 0.25) is 0 Å². The monoisotopic (exact) mass is 347 g/mol. The predicted octanol–water partition coefficient (Wildman–Crippen LogP) is -0.449. The van der Waals surface area contributed by atoms with Crippen LogP contribution in [-0.2, 0) is 11.8 Å². The van der Waals surface area contributed by atoms with Gasteiger partial charge in [-0.1, -0.05) is 0 Å². The van der Waals surface area contributed by atoms with E-state index in [1.54, 1.807) is 4.90 Å². The van der Waals surface area contributed by atoms with E-state index in [1.165, 1.54) is 30.3 Å². The second kappa shape index (κ2) is 7.77. The lowest BCUT2D eigenvalue weighted by molar-refractivity contribution is -0.133. The van der Waals surface area contributed by atoms with E-state index in [0.29, 0.717) is 32.7 Å². The first-order valence-electron chi connectivity index (χ1n) is 8.88. The molecule has 0 bridgehead atoms. The number of aryl methyl sites for hydroxylation is 1. The minimum atomic E-state index is -0.238. The van der Waals surface area contributed by atoms with Crippen LogP contribution in [0.1, 0.15) is 29.8 Å². The summed E-state index contributed by atoms with van der Waals surface area (Å²) in [5.74, 6) is 0.0248. The van der Waals surface area contributed by atoms with Crippen LogP contribution in [0.3, 0.4) is 0 Å². The van der Waals surface area contributed by atoms with Gasteiger partial charge in [0.15, 0.2) is 0 Å². The van der Waals surface area contributed by atoms with Crippen molar-refractivity contribution in [2.45, 2.75) is 19.3 Å². The van der Waals surface area contributed by atoms with Gasteiger partial charge in [0.05, 0.1) is 6.54 Å². The molecule has 1 aromatic heterocycles. The van der Waals surface area contributed by atoms with E-state index in [2.05, 4.69) is 10.00 Å². The number of carbonyl (C=O) groups excluding carboxylic acids is 2. The fourth-order valence-electron chi connectivity index (χ4n) is 3.32. The summed E-state index contributed by atoms with van der Waals surface area (Å²) < 4.78 is 1.17. The zero-order valence-corrected chi connectivity index (χ0v) is 14.7. The minimum Gasteiger partial charge on any atom is -0.342 e. The third kappa shape index (κ3) is 4.25. The van der Waals surface area contributed by atoms with Gasteiger partial charge in [0.25, 0.3) is 11.5 Å². The van der Waals surface area contributed by atoms with Crippen molar-refractivity contribution in [2.24, 2.45) is 7.05 Å². The van der Waals surface area contributed by atoms with Crippen molar-refractivity contribution in [3.05, 3.63) is 28.2 Å². The highest BCUT2D eigenvalue weighted by atomic mass is 16.2. The van der Waals surface area contributed by atoms with E-state index in [9.17, 15) is 14.4 Å². The number of piperidine rings is 1. The van der Waals surface area contributed by atoms with E-state index in [-0.39, 0.29) is 23.1 Å². The maximum absolute atomic E-state index is 12.5. The molecule has 2 saturated heterocycles. The van der Waals surface area contributed by atoms with Crippen molar-refractivity contribution < 1.29 is 9.59 Å². The fourth-order valence-corrected chi connectivity index (χ4v) is 3.32. The lowest BCUT2D eigenvalue weighted by Gasteiger charge is -2.35. The van der Waals surface area contributed by atoms with Crippen molar-refractivity contribution in [1.82, 2.24) is 24.5 Å². The van der Waals surface area contributed by atoms with Crippen LogP contribution in [-0.4, -0.2) is 82.1 Å². The van der Waals surface area contributed by atoms with Crippen molar-refractivity contribution in [3.8, 4) is 0 Å². The Morgan fingerprint density at radius 1 is 0.960 bits per heavy atom. The van der Waals surface area contributed by atoms with Gasteiger partial charge in [-0.25, -0.2) is 4.68 Å². The lowest BCUT2D eigenvalue weighted by Crippen LogP contribution is -2.52. The molecular formula is C17H25N5O3. The molecule has 2 aliphatic rings. The van der Waals surface area contributed by atoms with Crippen LogP contribution in [0, 0.1) is 0 Å². The number of nitrogens with zero attached hydrogens (tertiary/aromatic N) is 5. The van der Waals surface area contributed by atoms with Crippen LogP contribution in [0.4, 0.5) is 0 Å². The standard InChI is InChI=1S/C17H25N5O3/c1-19-15(23)6-5-14(18-19)17(25)22-11-9-20(10-12-22)13-16(24)21-7-3-2-4-8-21/h5-6H,2-4,7-13H2,1H3.